The van der Waals surface area contributed by atoms with Crippen molar-refractivity contribution in [2.45, 2.75) is 26.3 Å². The first-order chi connectivity index (χ1) is 9.96. The molecule has 2 atom stereocenters. The quantitative estimate of drug-likeness (QED) is 0.188. The minimum absolute atomic E-state index is 0.182. The fourth-order valence-corrected chi connectivity index (χ4v) is 1.44. The van der Waals surface area contributed by atoms with Gasteiger partial charge in [0, 0.05) is 4.91 Å². The molecular formula is C12H17N5O4. The Balaban J connectivity index is 5.72. The second-order valence-corrected chi connectivity index (χ2v) is 4.05. The van der Waals surface area contributed by atoms with Crippen LogP contribution < -0.4 is 5.32 Å². The predicted octanol–water partition coefficient (Wildman–Crippen LogP) is 1.38. The summed E-state index contributed by atoms with van der Waals surface area (Å²) in [4.78, 5) is 25.8. The van der Waals surface area contributed by atoms with Crippen LogP contribution in [0.15, 0.2) is 16.5 Å². The molecular weight excluding hydrogens is 278 g/mol. The summed E-state index contributed by atoms with van der Waals surface area (Å²) in [6, 6.07) is 0.715. The van der Waals surface area contributed by atoms with Crippen LogP contribution in [0.1, 0.15) is 20.3 Å². The van der Waals surface area contributed by atoms with E-state index in [1.54, 1.807) is 13.0 Å². The zero-order valence-electron chi connectivity index (χ0n) is 12.3. The number of carbonyl (C=O) groups is 2. The number of nitrogens with one attached hydrogen (secondary N) is 1. The highest BCUT2D eigenvalue weighted by atomic mass is 16.5. The third kappa shape index (κ3) is 5.04. The number of hydrogen-bond donors (Lipinski definition) is 1. The Morgan fingerprint density at radius 3 is 2.43 bits per heavy atom. The van der Waals surface area contributed by atoms with Crippen molar-refractivity contribution >= 4 is 11.9 Å². The second kappa shape index (κ2) is 9.23. The molecule has 0 fully saturated rings. The Morgan fingerprint density at radius 1 is 1.43 bits per heavy atom. The summed E-state index contributed by atoms with van der Waals surface area (Å²) in [5, 5.41) is 14.8. The molecule has 0 radical (unpaired) electrons. The number of hydrogen-bond acceptors (Lipinski definition) is 7. The summed E-state index contributed by atoms with van der Waals surface area (Å²) in [5.74, 6) is -2.13. The van der Waals surface area contributed by atoms with E-state index in [0.29, 0.717) is 6.42 Å². The summed E-state index contributed by atoms with van der Waals surface area (Å²) in [7, 11) is 2.29. The molecule has 1 N–H and O–H groups in total. The van der Waals surface area contributed by atoms with Gasteiger partial charge in [-0.1, -0.05) is 20.3 Å². The molecule has 2 unspecified atom stereocenters. The molecule has 114 valence electrons. The number of carbonyl (C=O) groups excluding carboxylic acids is 2. The molecule has 0 aliphatic carbocycles. The number of methoxy groups -OCH3 is 2. The monoisotopic (exact) mass is 295 g/mol. The van der Waals surface area contributed by atoms with Gasteiger partial charge in [0.2, 0.25) is 0 Å². The first-order valence-corrected chi connectivity index (χ1v) is 6.08. The van der Waals surface area contributed by atoms with Gasteiger partial charge in [0.1, 0.15) is 17.9 Å². The topological polar surface area (TPSA) is 137 Å². The minimum Gasteiger partial charge on any atom is -0.467 e. The van der Waals surface area contributed by atoms with Gasteiger partial charge in [-0.15, -0.1) is 0 Å². The molecule has 0 aromatic rings. The van der Waals surface area contributed by atoms with Crippen LogP contribution >= 0.6 is 0 Å². The molecule has 0 saturated heterocycles. The van der Waals surface area contributed by atoms with E-state index >= 15 is 0 Å². The summed E-state index contributed by atoms with van der Waals surface area (Å²) in [5.41, 5.74) is 8.03. The van der Waals surface area contributed by atoms with E-state index in [-0.39, 0.29) is 11.7 Å². The average molecular weight is 295 g/mol. The fraction of sp³-hybridized carbons (Fsp3) is 0.583. The summed E-state index contributed by atoms with van der Waals surface area (Å²) in [6.45, 7) is 3.62. The van der Waals surface area contributed by atoms with Crippen molar-refractivity contribution in [2.75, 3.05) is 14.2 Å². The molecule has 0 heterocycles. The predicted molar refractivity (Wildman–Crippen MR) is 72.2 cm³/mol. The Hall–Kier alpha value is -2.72. The molecule has 0 spiro atoms. The minimum atomic E-state index is -0.972. The van der Waals surface area contributed by atoms with Gasteiger partial charge < -0.3 is 14.8 Å². The average Bonchev–Trinajstić information content (AvgIpc) is 2.51. The smallest absolute Gasteiger partial charge is 0.350 e. The third-order valence-electron chi connectivity index (χ3n) is 2.84. The van der Waals surface area contributed by atoms with Gasteiger partial charge in [0.25, 0.3) is 0 Å². The van der Waals surface area contributed by atoms with Crippen molar-refractivity contribution in [3.8, 4) is 6.07 Å². The van der Waals surface area contributed by atoms with Gasteiger partial charge in [0.15, 0.2) is 5.57 Å². The fourth-order valence-electron chi connectivity index (χ4n) is 1.44. The van der Waals surface area contributed by atoms with Crippen molar-refractivity contribution < 1.29 is 19.1 Å². The Morgan fingerprint density at radius 2 is 2.05 bits per heavy atom. The van der Waals surface area contributed by atoms with Gasteiger partial charge in [0.05, 0.1) is 14.2 Å². The SMILES string of the molecule is CCC(C)C(N/C(N=[N+]=[N-])=C(/C#N)C(=O)OC)C(=O)OC. The lowest BCUT2D eigenvalue weighted by Gasteiger charge is -2.23. The van der Waals surface area contributed by atoms with Crippen LogP contribution in [0, 0.1) is 17.2 Å². The molecule has 0 amide bonds. The highest BCUT2D eigenvalue weighted by Gasteiger charge is 2.27. The number of ether oxygens (including phenoxy) is 2. The highest BCUT2D eigenvalue weighted by molar-refractivity contribution is 5.93. The maximum absolute atomic E-state index is 11.8. The van der Waals surface area contributed by atoms with E-state index in [2.05, 4.69) is 24.8 Å². The molecule has 0 aliphatic rings. The van der Waals surface area contributed by atoms with E-state index in [4.69, 9.17) is 10.8 Å². The Labute approximate surface area is 122 Å². The maximum Gasteiger partial charge on any atom is 0.350 e. The molecule has 0 aliphatic heterocycles. The van der Waals surface area contributed by atoms with Crippen molar-refractivity contribution in [3.63, 3.8) is 0 Å². The molecule has 0 rings (SSSR count). The van der Waals surface area contributed by atoms with Crippen LogP contribution in [-0.2, 0) is 19.1 Å². The maximum atomic E-state index is 11.8. The van der Waals surface area contributed by atoms with Gasteiger partial charge in [-0.05, 0) is 16.6 Å². The van der Waals surface area contributed by atoms with Crippen molar-refractivity contribution in [1.82, 2.24) is 5.32 Å². The number of nitrogens with zero attached hydrogens (tertiary/aromatic N) is 4. The summed E-state index contributed by atoms with van der Waals surface area (Å²) >= 11 is 0. The Bertz CT molecular complexity index is 516. The van der Waals surface area contributed by atoms with Gasteiger partial charge in [-0.25, -0.2) is 9.59 Å². The van der Waals surface area contributed by atoms with Gasteiger partial charge in [-0.3, -0.25) is 0 Å². The zero-order chi connectivity index (χ0) is 16.4. The number of nitriles is 1. The van der Waals surface area contributed by atoms with Crippen molar-refractivity contribution in [3.05, 3.63) is 21.8 Å². The molecule has 21 heavy (non-hydrogen) atoms. The highest BCUT2D eigenvalue weighted by Crippen LogP contribution is 2.14. The van der Waals surface area contributed by atoms with E-state index in [0.717, 1.165) is 7.11 Å². The van der Waals surface area contributed by atoms with Crippen LogP contribution in [0.3, 0.4) is 0 Å². The summed E-state index contributed by atoms with van der Waals surface area (Å²) in [6.07, 6.45) is 0.621. The molecule has 0 saturated carbocycles. The van der Waals surface area contributed by atoms with Crippen LogP contribution in [0.4, 0.5) is 0 Å². The Kier molecular flexibility index (Phi) is 8.03. The lowest BCUT2D eigenvalue weighted by molar-refractivity contribution is -0.144. The number of azide groups is 1. The van der Waals surface area contributed by atoms with Gasteiger partial charge in [-0.2, -0.15) is 5.26 Å². The van der Waals surface area contributed by atoms with Crippen LogP contribution in [0.2, 0.25) is 0 Å². The van der Waals surface area contributed by atoms with Gasteiger partial charge >= 0.3 is 11.9 Å². The van der Waals surface area contributed by atoms with Crippen molar-refractivity contribution in [1.29, 1.82) is 5.26 Å². The number of esters is 2. The molecule has 0 aromatic carbocycles. The lowest BCUT2D eigenvalue weighted by Crippen LogP contribution is -2.42. The van der Waals surface area contributed by atoms with E-state index in [9.17, 15) is 9.59 Å². The molecule has 0 aromatic heterocycles. The second-order valence-electron chi connectivity index (χ2n) is 4.05. The van der Waals surface area contributed by atoms with Crippen molar-refractivity contribution in [2.24, 2.45) is 11.0 Å². The van der Waals surface area contributed by atoms with Crippen LogP contribution in [0.5, 0.6) is 0 Å². The standard InChI is InChI=1S/C12H17N5O4/c1-5-7(2)9(12(19)21-4)15-10(16-17-14)8(6-13)11(18)20-3/h7,9,15H,5H2,1-4H3/b10-8+. The first-order valence-electron chi connectivity index (χ1n) is 6.08. The lowest BCUT2D eigenvalue weighted by atomic mass is 9.99. The van der Waals surface area contributed by atoms with E-state index in [1.165, 1.54) is 7.11 Å². The summed E-state index contributed by atoms with van der Waals surface area (Å²) < 4.78 is 9.08. The first kappa shape index (κ1) is 18.3. The molecule has 9 nitrogen and oxygen atoms in total. The molecule has 9 heteroatoms. The van der Waals surface area contributed by atoms with E-state index in [1.807, 2.05) is 6.92 Å². The zero-order valence-corrected chi connectivity index (χ0v) is 12.3. The normalized spacial score (nSPS) is 13.7. The molecule has 0 bridgehead atoms. The number of rotatable bonds is 7. The van der Waals surface area contributed by atoms with Crippen LogP contribution in [0.25, 0.3) is 10.4 Å². The largest absolute Gasteiger partial charge is 0.467 e. The third-order valence-corrected chi connectivity index (χ3v) is 2.84. The van der Waals surface area contributed by atoms with Crippen LogP contribution in [-0.4, -0.2) is 32.2 Å². The van der Waals surface area contributed by atoms with E-state index < -0.39 is 23.6 Å².